The van der Waals surface area contributed by atoms with E-state index < -0.39 is 0 Å². The molecule has 0 saturated carbocycles. The Bertz CT molecular complexity index is 625. The van der Waals surface area contributed by atoms with E-state index in [0.29, 0.717) is 37.8 Å². The van der Waals surface area contributed by atoms with E-state index in [4.69, 9.17) is 0 Å². The minimum absolute atomic E-state index is 0.128. The Morgan fingerprint density at radius 2 is 2.19 bits per heavy atom. The quantitative estimate of drug-likeness (QED) is 0.788. The molecule has 1 aromatic carbocycles. The van der Waals surface area contributed by atoms with Gasteiger partial charge in [-0.05, 0) is 55.3 Å². The van der Waals surface area contributed by atoms with Crippen LogP contribution in [0.1, 0.15) is 50.2 Å². The molecule has 2 aliphatic rings. The maximum atomic E-state index is 12.3. The monoisotopic (exact) mass is 357 g/mol. The first-order valence-electron chi connectivity index (χ1n) is 9.95. The number of piperidine rings is 1. The smallest absolute Gasteiger partial charge is 0.222 e. The second-order valence-corrected chi connectivity index (χ2v) is 7.80. The zero-order valence-corrected chi connectivity index (χ0v) is 15.8. The van der Waals surface area contributed by atoms with Crippen molar-refractivity contribution in [2.75, 3.05) is 19.6 Å². The number of carbonyl (C=O) groups excluding carboxylic acids is 2. The van der Waals surface area contributed by atoms with Gasteiger partial charge in [0.25, 0.3) is 0 Å². The maximum Gasteiger partial charge on any atom is 0.222 e. The minimum atomic E-state index is 0.128. The number of likely N-dealkylation sites (tertiary alicyclic amines) is 1. The van der Waals surface area contributed by atoms with Gasteiger partial charge in [0.1, 0.15) is 0 Å². The van der Waals surface area contributed by atoms with Gasteiger partial charge in [-0.1, -0.05) is 31.2 Å². The van der Waals surface area contributed by atoms with Crippen molar-refractivity contribution in [2.24, 2.45) is 11.8 Å². The van der Waals surface area contributed by atoms with E-state index in [9.17, 15) is 9.59 Å². The number of hydrogen-bond acceptors (Lipinski definition) is 3. The summed E-state index contributed by atoms with van der Waals surface area (Å²) in [5.74, 6) is 1.39. The number of hydrogen-bond donors (Lipinski definition) is 2. The van der Waals surface area contributed by atoms with Crippen LogP contribution in [0.3, 0.4) is 0 Å². The molecule has 2 aliphatic heterocycles. The standard InChI is InChI=1S/C21H31N3O2/c1-16(19-7-3-9-22-14-19)11-20(25)23-13-17-5-2-6-18(12-17)15-24-10-4-8-21(24)26/h2,5-6,12,16,19,22H,3-4,7-11,13-15H2,1H3,(H,23,25). The van der Waals surface area contributed by atoms with Gasteiger partial charge in [0.2, 0.25) is 11.8 Å². The number of carbonyl (C=O) groups is 2. The summed E-state index contributed by atoms with van der Waals surface area (Å²) < 4.78 is 0. The Kier molecular flexibility index (Phi) is 6.67. The highest BCUT2D eigenvalue weighted by Crippen LogP contribution is 2.22. The van der Waals surface area contributed by atoms with E-state index in [1.54, 1.807) is 0 Å². The van der Waals surface area contributed by atoms with E-state index in [0.717, 1.165) is 37.2 Å². The zero-order chi connectivity index (χ0) is 18.4. The van der Waals surface area contributed by atoms with Gasteiger partial charge in [-0.15, -0.1) is 0 Å². The molecule has 0 aliphatic carbocycles. The highest BCUT2D eigenvalue weighted by molar-refractivity contribution is 5.78. The fourth-order valence-electron chi connectivity index (χ4n) is 4.03. The third kappa shape index (κ3) is 5.31. The molecule has 2 unspecified atom stereocenters. The maximum absolute atomic E-state index is 12.3. The Hall–Kier alpha value is -1.88. The first-order valence-corrected chi connectivity index (χ1v) is 9.95. The van der Waals surface area contributed by atoms with Gasteiger partial charge >= 0.3 is 0 Å². The van der Waals surface area contributed by atoms with Gasteiger partial charge in [0.05, 0.1) is 0 Å². The van der Waals surface area contributed by atoms with Crippen molar-refractivity contribution in [2.45, 2.75) is 52.1 Å². The average molecular weight is 357 g/mol. The lowest BCUT2D eigenvalue weighted by Crippen LogP contribution is -2.35. The van der Waals surface area contributed by atoms with Gasteiger partial charge in [-0.3, -0.25) is 9.59 Å². The molecule has 0 aromatic heterocycles. The Balaban J connectivity index is 1.45. The molecule has 0 radical (unpaired) electrons. The molecule has 0 spiro atoms. The first kappa shape index (κ1) is 18.9. The molecule has 26 heavy (non-hydrogen) atoms. The molecule has 2 atom stereocenters. The third-order valence-corrected chi connectivity index (χ3v) is 5.67. The Morgan fingerprint density at radius 3 is 2.92 bits per heavy atom. The van der Waals surface area contributed by atoms with Crippen LogP contribution in [0.4, 0.5) is 0 Å². The summed E-state index contributed by atoms with van der Waals surface area (Å²) in [6, 6.07) is 8.19. The van der Waals surface area contributed by atoms with Crippen LogP contribution in [0, 0.1) is 11.8 Å². The van der Waals surface area contributed by atoms with Crippen LogP contribution in [0.2, 0.25) is 0 Å². The van der Waals surface area contributed by atoms with Crippen molar-refractivity contribution in [3.8, 4) is 0 Å². The van der Waals surface area contributed by atoms with Gasteiger partial charge in [0, 0.05) is 32.5 Å². The Morgan fingerprint density at radius 1 is 1.35 bits per heavy atom. The fourth-order valence-corrected chi connectivity index (χ4v) is 4.03. The van der Waals surface area contributed by atoms with Crippen molar-refractivity contribution >= 4 is 11.8 Å². The summed E-state index contributed by atoms with van der Waals surface area (Å²) in [5, 5.41) is 6.48. The van der Waals surface area contributed by atoms with Crippen LogP contribution in [-0.2, 0) is 22.7 Å². The second kappa shape index (κ2) is 9.17. The van der Waals surface area contributed by atoms with E-state index in [1.165, 1.54) is 12.8 Å². The molecule has 2 amide bonds. The van der Waals surface area contributed by atoms with Crippen molar-refractivity contribution in [3.05, 3.63) is 35.4 Å². The molecule has 3 rings (SSSR count). The van der Waals surface area contributed by atoms with Crippen LogP contribution in [0.5, 0.6) is 0 Å². The molecule has 1 aromatic rings. The molecule has 5 heteroatoms. The molecule has 5 nitrogen and oxygen atoms in total. The van der Waals surface area contributed by atoms with Gasteiger partial charge in [-0.2, -0.15) is 0 Å². The van der Waals surface area contributed by atoms with Crippen molar-refractivity contribution in [3.63, 3.8) is 0 Å². The molecular formula is C21H31N3O2. The van der Waals surface area contributed by atoms with Gasteiger partial charge < -0.3 is 15.5 Å². The normalized spacial score (nSPS) is 21.7. The lowest BCUT2D eigenvalue weighted by atomic mass is 9.85. The minimum Gasteiger partial charge on any atom is -0.352 e. The first-order chi connectivity index (χ1) is 12.6. The van der Waals surface area contributed by atoms with Crippen molar-refractivity contribution in [1.29, 1.82) is 0 Å². The molecule has 142 valence electrons. The predicted molar refractivity (Wildman–Crippen MR) is 102 cm³/mol. The number of benzene rings is 1. The summed E-state index contributed by atoms with van der Waals surface area (Å²) in [5.41, 5.74) is 2.23. The number of rotatable bonds is 7. The molecule has 2 fully saturated rings. The topological polar surface area (TPSA) is 61.4 Å². The van der Waals surface area contributed by atoms with Crippen molar-refractivity contribution < 1.29 is 9.59 Å². The number of nitrogens with zero attached hydrogens (tertiary/aromatic N) is 1. The van der Waals surface area contributed by atoms with Crippen LogP contribution < -0.4 is 10.6 Å². The molecular weight excluding hydrogens is 326 g/mol. The summed E-state index contributed by atoms with van der Waals surface area (Å²) in [4.78, 5) is 26.0. The third-order valence-electron chi connectivity index (χ3n) is 5.67. The van der Waals surface area contributed by atoms with Crippen molar-refractivity contribution in [1.82, 2.24) is 15.5 Å². The van der Waals surface area contributed by atoms with Crippen LogP contribution >= 0.6 is 0 Å². The van der Waals surface area contributed by atoms with E-state index in [-0.39, 0.29) is 11.8 Å². The molecule has 0 bridgehead atoms. The summed E-state index contributed by atoms with van der Waals surface area (Å²) >= 11 is 0. The lowest BCUT2D eigenvalue weighted by molar-refractivity contribution is -0.128. The SMILES string of the molecule is CC(CC(=O)NCc1cccc(CN2CCCC2=O)c1)C1CCCNC1. The predicted octanol–water partition coefficient (Wildman–Crippen LogP) is 2.45. The summed E-state index contributed by atoms with van der Waals surface area (Å²) in [6.45, 7) is 6.40. The molecule has 2 heterocycles. The van der Waals surface area contributed by atoms with Crippen LogP contribution in [0.25, 0.3) is 0 Å². The van der Waals surface area contributed by atoms with Crippen LogP contribution in [0.15, 0.2) is 24.3 Å². The molecule has 2 saturated heterocycles. The largest absolute Gasteiger partial charge is 0.352 e. The highest BCUT2D eigenvalue weighted by Gasteiger charge is 2.22. The van der Waals surface area contributed by atoms with Crippen LogP contribution in [-0.4, -0.2) is 36.3 Å². The second-order valence-electron chi connectivity index (χ2n) is 7.80. The van der Waals surface area contributed by atoms with Gasteiger partial charge in [0.15, 0.2) is 0 Å². The lowest BCUT2D eigenvalue weighted by Gasteiger charge is -2.28. The summed E-state index contributed by atoms with van der Waals surface area (Å²) in [6.07, 6.45) is 4.66. The number of nitrogens with one attached hydrogen (secondary N) is 2. The number of amides is 2. The zero-order valence-electron chi connectivity index (χ0n) is 15.8. The molecule has 2 N–H and O–H groups in total. The van der Waals surface area contributed by atoms with E-state index in [2.05, 4.69) is 29.7 Å². The fraction of sp³-hybridized carbons (Fsp3) is 0.619. The highest BCUT2D eigenvalue weighted by atomic mass is 16.2. The Labute approximate surface area is 156 Å². The average Bonchev–Trinajstić information content (AvgIpc) is 3.06. The van der Waals surface area contributed by atoms with E-state index in [1.807, 2.05) is 17.0 Å². The summed E-state index contributed by atoms with van der Waals surface area (Å²) in [7, 11) is 0. The van der Waals surface area contributed by atoms with E-state index >= 15 is 0 Å². The van der Waals surface area contributed by atoms with Gasteiger partial charge in [-0.25, -0.2) is 0 Å².